The molecule has 0 saturated heterocycles. The molecular formula is C20H21N5OS. The third-order valence-electron chi connectivity index (χ3n) is 4.95. The molecule has 0 bridgehead atoms. The number of furan rings is 1. The molecule has 0 amide bonds. The summed E-state index contributed by atoms with van der Waals surface area (Å²) in [6.45, 7) is 3.67. The Morgan fingerprint density at radius 2 is 2.15 bits per heavy atom. The summed E-state index contributed by atoms with van der Waals surface area (Å²) in [6, 6.07) is 12.6. The molecule has 0 saturated carbocycles. The summed E-state index contributed by atoms with van der Waals surface area (Å²) in [4.78, 5) is 9.24. The van der Waals surface area contributed by atoms with E-state index < -0.39 is 0 Å². The number of nitrogens with one attached hydrogen (secondary N) is 1. The zero-order valence-corrected chi connectivity index (χ0v) is 16.0. The van der Waals surface area contributed by atoms with Crippen molar-refractivity contribution in [1.82, 2.24) is 25.1 Å². The lowest BCUT2D eigenvalue weighted by Gasteiger charge is -2.23. The minimum atomic E-state index is 0.389. The molecule has 1 N–H and O–H groups in total. The second kappa shape index (κ2) is 6.90. The van der Waals surface area contributed by atoms with Crippen molar-refractivity contribution in [2.24, 2.45) is 0 Å². The molecule has 4 heterocycles. The number of benzene rings is 1. The number of aryl methyl sites for hydroxylation is 2. The van der Waals surface area contributed by atoms with E-state index >= 15 is 0 Å². The van der Waals surface area contributed by atoms with Crippen LogP contribution in [0.3, 0.4) is 0 Å². The minimum absolute atomic E-state index is 0.389. The second-order valence-corrected chi connectivity index (χ2v) is 7.88. The number of thiazole rings is 1. The average Bonchev–Trinajstić information content (AvgIpc) is 3.42. The van der Waals surface area contributed by atoms with Gasteiger partial charge in [-0.05, 0) is 30.7 Å². The van der Waals surface area contributed by atoms with E-state index in [2.05, 4.69) is 38.1 Å². The van der Waals surface area contributed by atoms with Gasteiger partial charge in [0.25, 0.3) is 0 Å². The maximum Gasteiger partial charge on any atom is 0.163 e. The van der Waals surface area contributed by atoms with Crippen LogP contribution < -0.4 is 5.32 Å². The highest BCUT2D eigenvalue weighted by Crippen LogP contribution is 2.31. The van der Waals surface area contributed by atoms with Crippen molar-refractivity contribution >= 4 is 21.6 Å². The van der Waals surface area contributed by atoms with Crippen LogP contribution in [0.2, 0.25) is 0 Å². The van der Waals surface area contributed by atoms with Crippen LogP contribution in [0.5, 0.6) is 0 Å². The van der Waals surface area contributed by atoms with Crippen molar-refractivity contribution in [3.8, 4) is 10.8 Å². The molecule has 0 fully saturated rings. The molecule has 4 aromatic rings. The van der Waals surface area contributed by atoms with Crippen molar-refractivity contribution in [2.45, 2.75) is 45.3 Å². The van der Waals surface area contributed by atoms with Crippen LogP contribution in [-0.4, -0.2) is 25.8 Å². The number of fused-ring (bicyclic) bond motifs is 2. The SMILES string of the molecule is CCc1nc2n(n1)CC(NCc1ccc(-c3nc4ccccc4s3)o1)CC2. The van der Waals surface area contributed by atoms with Crippen molar-refractivity contribution in [1.29, 1.82) is 0 Å². The van der Waals surface area contributed by atoms with Gasteiger partial charge < -0.3 is 9.73 Å². The van der Waals surface area contributed by atoms with Crippen molar-refractivity contribution in [2.75, 3.05) is 0 Å². The molecule has 1 atom stereocenters. The smallest absolute Gasteiger partial charge is 0.163 e. The van der Waals surface area contributed by atoms with Gasteiger partial charge in [0.2, 0.25) is 0 Å². The molecule has 3 aromatic heterocycles. The Kier molecular flexibility index (Phi) is 4.26. The molecule has 1 unspecified atom stereocenters. The highest BCUT2D eigenvalue weighted by Gasteiger charge is 2.21. The fourth-order valence-electron chi connectivity index (χ4n) is 3.49. The van der Waals surface area contributed by atoms with Crippen LogP contribution in [0.25, 0.3) is 21.0 Å². The van der Waals surface area contributed by atoms with E-state index in [4.69, 9.17) is 4.42 Å². The Labute approximate surface area is 161 Å². The molecule has 6 nitrogen and oxygen atoms in total. The van der Waals surface area contributed by atoms with Gasteiger partial charge in [-0.3, -0.25) is 0 Å². The number of aromatic nitrogens is 4. The van der Waals surface area contributed by atoms with E-state index in [-0.39, 0.29) is 0 Å². The fourth-order valence-corrected chi connectivity index (χ4v) is 4.41. The Hall–Kier alpha value is -2.51. The Bertz CT molecular complexity index is 1050. The predicted octanol–water partition coefficient (Wildman–Crippen LogP) is 3.81. The highest BCUT2D eigenvalue weighted by molar-refractivity contribution is 7.21. The van der Waals surface area contributed by atoms with E-state index in [9.17, 15) is 0 Å². The Morgan fingerprint density at radius 3 is 3.04 bits per heavy atom. The van der Waals surface area contributed by atoms with Gasteiger partial charge >= 0.3 is 0 Å². The molecular weight excluding hydrogens is 358 g/mol. The van der Waals surface area contributed by atoms with Crippen LogP contribution in [0.4, 0.5) is 0 Å². The third-order valence-corrected chi connectivity index (χ3v) is 6.00. The first-order valence-electron chi connectivity index (χ1n) is 9.39. The lowest BCUT2D eigenvalue weighted by molar-refractivity contribution is 0.345. The van der Waals surface area contributed by atoms with E-state index in [0.29, 0.717) is 12.6 Å². The second-order valence-electron chi connectivity index (χ2n) is 6.85. The summed E-state index contributed by atoms with van der Waals surface area (Å²) in [5.41, 5.74) is 1.02. The summed E-state index contributed by atoms with van der Waals surface area (Å²) >= 11 is 1.66. The molecule has 7 heteroatoms. The first-order chi connectivity index (χ1) is 13.3. The van der Waals surface area contributed by atoms with Gasteiger partial charge in [-0.25, -0.2) is 14.6 Å². The zero-order chi connectivity index (χ0) is 18.2. The van der Waals surface area contributed by atoms with Gasteiger partial charge in [-0.1, -0.05) is 19.1 Å². The number of nitrogens with zero attached hydrogens (tertiary/aromatic N) is 4. The zero-order valence-electron chi connectivity index (χ0n) is 15.2. The highest BCUT2D eigenvalue weighted by atomic mass is 32.1. The van der Waals surface area contributed by atoms with Crippen molar-refractivity contribution < 1.29 is 4.42 Å². The Morgan fingerprint density at radius 1 is 1.22 bits per heavy atom. The number of hydrogen-bond donors (Lipinski definition) is 1. The minimum Gasteiger partial charge on any atom is -0.457 e. The number of rotatable bonds is 5. The molecule has 1 aromatic carbocycles. The lowest BCUT2D eigenvalue weighted by atomic mass is 10.1. The summed E-state index contributed by atoms with van der Waals surface area (Å²) < 4.78 is 9.26. The first-order valence-corrected chi connectivity index (χ1v) is 10.2. The molecule has 27 heavy (non-hydrogen) atoms. The summed E-state index contributed by atoms with van der Waals surface area (Å²) in [7, 11) is 0. The molecule has 0 spiro atoms. The van der Waals surface area contributed by atoms with Crippen LogP contribution in [0, 0.1) is 0 Å². The average molecular weight is 379 g/mol. The van der Waals surface area contributed by atoms with Gasteiger partial charge in [-0.15, -0.1) is 11.3 Å². The van der Waals surface area contributed by atoms with E-state index in [1.807, 2.05) is 30.3 Å². The molecule has 0 aliphatic carbocycles. The third kappa shape index (κ3) is 3.28. The lowest BCUT2D eigenvalue weighted by Crippen LogP contribution is -2.37. The first kappa shape index (κ1) is 16.6. The molecule has 138 valence electrons. The molecule has 0 radical (unpaired) electrons. The van der Waals surface area contributed by atoms with Gasteiger partial charge in [0, 0.05) is 18.9 Å². The van der Waals surface area contributed by atoms with E-state index in [1.54, 1.807) is 11.3 Å². The molecule has 5 rings (SSSR count). The maximum atomic E-state index is 6.03. The summed E-state index contributed by atoms with van der Waals surface area (Å²) in [5, 5.41) is 9.10. The normalized spacial score (nSPS) is 16.7. The Balaban J connectivity index is 1.25. The summed E-state index contributed by atoms with van der Waals surface area (Å²) in [6.07, 6.45) is 2.94. The van der Waals surface area contributed by atoms with Gasteiger partial charge in [0.15, 0.2) is 16.6 Å². The van der Waals surface area contributed by atoms with Gasteiger partial charge in [0.1, 0.15) is 11.6 Å². The van der Waals surface area contributed by atoms with Crippen molar-refractivity contribution in [3.05, 3.63) is 53.8 Å². The van der Waals surface area contributed by atoms with Gasteiger partial charge in [0.05, 0.1) is 23.3 Å². The standard InChI is InChI=1S/C20H21N5OS/c1-2-18-23-19-10-7-13(12-25(19)24-18)21-11-14-8-9-16(26-14)20-22-15-5-3-4-6-17(15)27-20/h3-6,8-9,13,21H,2,7,10-12H2,1H3. The quantitative estimate of drug-likeness (QED) is 0.571. The van der Waals surface area contributed by atoms with Crippen LogP contribution in [0.15, 0.2) is 40.8 Å². The van der Waals surface area contributed by atoms with Gasteiger partial charge in [-0.2, -0.15) is 5.10 Å². The van der Waals surface area contributed by atoms with Crippen molar-refractivity contribution in [3.63, 3.8) is 0 Å². The largest absolute Gasteiger partial charge is 0.457 e. The predicted molar refractivity (Wildman–Crippen MR) is 106 cm³/mol. The molecule has 1 aliphatic heterocycles. The maximum absolute atomic E-state index is 6.03. The number of hydrogen-bond acceptors (Lipinski definition) is 6. The van der Waals surface area contributed by atoms with E-state index in [1.165, 1.54) is 4.70 Å². The fraction of sp³-hybridized carbons (Fsp3) is 0.350. The molecule has 1 aliphatic rings. The number of para-hydroxylation sites is 1. The van der Waals surface area contributed by atoms with Crippen LogP contribution >= 0.6 is 11.3 Å². The van der Waals surface area contributed by atoms with Crippen LogP contribution in [-0.2, 0) is 25.9 Å². The monoisotopic (exact) mass is 379 g/mol. The topological polar surface area (TPSA) is 68.8 Å². The van der Waals surface area contributed by atoms with Crippen LogP contribution in [0.1, 0.15) is 30.8 Å². The summed E-state index contributed by atoms with van der Waals surface area (Å²) in [5.74, 6) is 3.82. The van der Waals surface area contributed by atoms with E-state index in [0.717, 1.165) is 59.5 Å².